The average molecular weight is 267 g/mol. The normalized spacial score (nSPS) is 31.4. The molecule has 4 unspecified atom stereocenters. The monoisotopic (exact) mass is 267 g/mol. The molecule has 4 heteroatoms. The van der Waals surface area contributed by atoms with Gasteiger partial charge in [0.2, 0.25) is 0 Å². The molecule has 1 N–H and O–H groups in total. The highest BCUT2D eigenvalue weighted by atomic mass is 32.1. The molecule has 0 radical (unpaired) electrons. The molecule has 1 aliphatic heterocycles. The van der Waals surface area contributed by atoms with Crippen LogP contribution in [0.1, 0.15) is 45.2 Å². The molecule has 0 bridgehead atoms. The first-order valence-electron chi connectivity index (χ1n) is 7.03. The summed E-state index contributed by atoms with van der Waals surface area (Å²) in [6.07, 6.45) is 3.16. The molecule has 1 fully saturated rings. The van der Waals surface area contributed by atoms with E-state index in [-0.39, 0.29) is 0 Å². The largest absolute Gasteiger partial charge is 0.314 e. The first-order chi connectivity index (χ1) is 8.65. The summed E-state index contributed by atoms with van der Waals surface area (Å²) in [5.41, 5.74) is 0. The minimum atomic E-state index is 0.449. The van der Waals surface area contributed by atoms with E-state index in [9.17, 15) is 0 Å². The molecule has 1 aliphatic rings. The topological polar surface area (TPSA) is 28.2 Å². The van der Waals surface area contributed by atoms with Crippen LogP contribution in [0.5, 0.6) is 0 Å². The zero-order valence-corrected chi connectivity index (χ0v) is 12.7. The standard InChI is InChI=1S/C14H25N3S/c1-5-15-13-6-8-17(11(3)10(13)2)12(4)14-16-7-9-18-14/h7,9-13,15H,5-6,8H2,1-4H3. The number of nitrogens with one attached hydrogen (secondary N) is 1. The van der Waals surface area contributed by atoms with Gasteiger partial charge < -0.3 is 5.32 Å². The molecule has 0 aromatic carbocycles. The van der Waals surface area contributed by atoms with Crippen molar-refractivity contribution in [3.8, 4) is 0 Å². The van der Waals surface area contributed by atoms with Crippen molar-refractivity contribution in [2.75, 3.05) is 13.1 Å². The van der Waals surface area contributed by atoms with Crippen LogP contribution in [0.2, 0.25) is 0 Å². The summed E-state index contributed by atoms with van der Waals surface area (Å²) in [7, 11) is 0. The van der Waals surface area contributed by atoms with Crippen LogP contribution in [-0.4, -0.2) is 35.1 Å². The Morgan fingerprint density at radius 1 is 1.56 bits per heavy atom. The number of rotatable bonds is 4. The van der Waals surface area contributed by atoms with E-state index in [2.05, 4.69) is 48.3 Å². The van der Waals surface area contributed by atoms with Gasteiger partial charge in [0.15, 0.2) is 0 Å². The first kappa shape index (κ1) is 14.0. The second-order valence-corrected chi connectivity index (χ2v) is 6.26. The molecule has 18 heavy (non-hydrogen) atoms. The summed E-state index contributed by atoms with van der Waals surface area (Å²) < 4.78 is 0. The molecule has 1 aromatic rings. The fourth-order valence-corrected chi connectivity index (χ4v) is 3.79. The summed E-state index contributed by atoms with van der Waals surface area (Å²) in [4.78, 5) is 7.08. The molecule has 4 atom stereocenters. The van der Waals surface area contributed by atoms with Crippen molar-refractivity contribution in [3.05, 3.63) is 16.6 Å². The van der Waals surface area contributed by atoms with E-state index >= 15 is 0 Å². The van der Waals surface area contributed by atoms with Crippen LogP contribution in [0.15, 0.2) is 11.6 Å². The molecule has 102 valence electrons. The Morgan fingerprint density at radius 2 is 2.33 bits per heavy atom. The van der Waals surface area contributed by atoms with Gasteiger partial charge in [-0.3, -0.25) is 4.90 Å². The number of likely N-dealkylation sites (tertiary alicyclic amines) is 1. The number of nitrogens with zero attached hydrogens (tertiary/aromatic N) is 2. The third-order valence-corrected chi connectivity index (χ3v) is 5.34. The van der Waals surface area contributed by atoms with Gasteiger partial charge in [0, 0.05) is 30.2 Å². The molecule has 0 amide bonds. The molecule has 2 rings (SSSR count). The zero-order valence-electron chi connectivity index (χ0n) is 11.9. The maximum Gasteiger partial charge on any atom is 0.109 e. The minimum absolute atomic E-state index is 0.449. The first-order valence-corrected chi connectivity index (χ1v) is 7.91. The summed E-state index contributed by atoms with van der Waals surface area (Å²) in [5, 5.41) is 6.94. The fourth-order valence-electron chi connectivity index (χ4n) is 3.07. The third kappa shape index (κ3) is 2.76. The van der Waals surface area contributed by atoms with E-state index in [1.165, 1.54) is 18.0 Å². The van der Waals surface area contributed by atoms with E-state index in [0.717, 1.165) is 6.54 Å². The van der Waals surface area contributed by atoms with Crippen LogP contribution >= 0.6 is 11.3 Å². The lowest BCUT2D eigenvalue weighted by Gasteiger charge is -2.45. The molecular formula is C14H25N3S. The molecule has 2 heterocycles. The van der Waals surface area contributed by atoms with E-state index in [1.54, 1.807) is 11.3 Å². The second kappa shape index (κ2) is 6.13. The highest BCUT2D eigenvalue weighted by Crippen LogP contribution is 2.32. The third-order valence-electron chi connectivity index (χ3n) is 4.39. The Bertz CT molecular complexity index is 352. The van der Waals surface area contributed by atoms with Gasteiger partial charge in [0.1, 0.15) is 5.01 Å². The van der Waals surface area contributed by atoms with Crippen LogP contribution in [0, 0.1) is 5.92 Å². The van der Waals surface area contributed by atoms with Gasteiger partial charge in [-0.1, -0.05) is 13.8 Å². The van der Waals surface area contributed by atoms with Crippen molar-refractivity contribution < 1.29 is 0 Å². The number of thiazole rings is 1. The summed E-state index contributed by atoms with van der Waals surface area (Å²) in [6.45, 7) is 11.5. The van der Waals surface area contributed by atoms with Crippen LogP contribution in [0.4, 0.5) is 0 Å². The Kier molecular flexibility index (Phi) is 4.76. The second-order valence-electron chi connectivity index (χ2n) is 5.34. The van der Waals surface area contributed by atoms with E-state index in [4.69, 9.17) is 0 Å². The average Bonchev–Trinajstić information content (AvgIpc) is 2.88. The van der Waals surface area contributed by atoms with Gasteiger partial charge in [-0.15, -0.1) is 11.3 Å². The van der Waals surface area contributed by atoms with Gasteiger partial charge in [-0.25, -0.2) is 4.98 Å². The zero-order chi connectivity index (χ0) is 13.1. The molecule has 1 saturated heterocycles. The smallest absolute Gasteiger partial charge is 0.109 e. The quantitative estimate of drug-likeness (QED) is 0.909. The van der Waals surface area contributed by atoms with E-state index in [1.807, 2.05) is 6.20 Å². The van der Waals surface area contributed by atoms with Crippen molar-refractivity contribution >= 4 is 11.3 Å². The Balaban J connectivity index is 2.03. The molecule has 3 nitrogen and oxygen atoms in total. The number of piperidine rings is 1. The fraction of sp³-hybridized carbons (Fsp3) is 0.786. The number of hydrogen-bond acceptors (Lipinski definition) is 4. The maximum absolute atomic E-state index is 4.47. The van der Waals surface area contributed by atoms with Crippen LogP contribution < -0.4 is 5.32 Å². The molecule has 0 aliphatic carbocycles. The SMILES string of the molecule is CCNC1CCN(C(C)c2nccs2)C(C)C1C. The van der Waals surface area contributed by atoms with Crippen molar-refractivity contribution in [3.63, 3.8) is 0 Å². The molecule has 0 saturated carbocycles. The predicted octanol–water partition coefficient (Wildman–Crippen LogP) is 2.91. The summed E-state index contributed by atoms with van der Waals surface area (Å²) in [6, 6.07) is 1.73. The summed E-state index contributed by atoms with van der Waals surface area (Å²) >= 11 is 1.77. The van der Waals surface area contributed by atoms with Crippen molar-refractivity contribution in [1.82, 2.24) is 15.2 Å². The number of hydrogen-bond donors (Lipinski definition) is 1. The predicted molar refractivity (Wildman–Crippen MR) is 77.9 cm³/mol. The number of aromatic nitrogens is 1. The van der Waals surface area contributed by atoms with Crippen molar-refractivity contribution in [1.29, 1.82) is 0 Å². The lowest BCUT2D eigenvalue weighted by Crippen LogP contribution is -2.53. The van der Waals surface area contributed by atoms with Crippen molar-refractivity contribution in [2.45, 2.75) is 52.2 Å². The molecular weight excluding hydrogens is 242 g/mol. The molecule has 1 aromatic heterocycles. The van der Waals surface area contributed by atoms with Gasteiger partial charge in [-0.2, -0.15) is 0 Å². The lowest BCUT2D eigenvalue weighted by molar-refractivity contribution is 0.0528. The molecule has 0 spiro atoms. The Labute approximate surface area is 115 Å². The van der Waals surface area contributed by atoms with Gasteiger partial charge in [-0.05, 0) is 32.7 Å². The van der Waals surface area contributed by atoms with Crippen molar-refractivity contribution in [2.24, 2.45) is 5.92 Å². The van der Waals surface area contributed by atoms with E-state index in [0.29, 0.717) is 24.0 Å². The van der Waals surface area contributed by atoms with E-state index < -0.39 is 0 Å². The van der Waals surface area contributed by atoms with Gasteiger partial charge in [0.25, 0.3) is 0 Å². The lowest BCUT2D eigenvalue weighted by atomic mass is 9.86. The summed E-state index contributed by atoms with van der Waals surface area (Å²) in [5.74, 6) is 0.695. The maximum atomic E-state index is 4.47. The van der Waals surface area contributed by atoms with Crippen LogP contribution in [-0.2, 0) is 0 Å². The van der Waals surface area contributed by atoms with Crippen LogP contribution in [0.3, 0.4) is 0 Å². The van der Waals surface area contributed by atoms with Gasteiger partial charge >= 0.3 is 0 Å². The highest BCUT2D eigenvalue weighted by molar-refractivity contribution is 7.09. The van der Waals surface area contributed by atoms with Gasteiger partial charge in [0.05, 0.1) is 6.04 Å². The highest BCUT2D eigenvalue weighted by Gasteiger charge is 2.35. The van der Waals surface area contributed by atoms with Crippen LogP contribution in [0.25, 0.3) is 0 Å². The minimum Gasteiger partial charge on any atom is -0.314 e. The Morgan fingerprint density at radius 3 is 2.94 bits per heavy atom. The Hall–Kier alpha value is -0.450.